The molecule has 0 aliphatic carbocycles. The quantitative estimate of drug-likeness (QED) is 0.775. The van der Waals surface area contributed by atoms with Gasteiger partial charge in [-0.25, -0.2) is 0 Å². The van der Waals surface area contributed by atoms with Crippen molar-refractivity contribution in [3.8, 4) is 0 Å². The number of carbonyl (C=O) groups is 1. The summed E-state index contributed by atoms with van der Waals surface area (Å²) in [4.78, 5) is 14.2. The van der Waals surface area contributed by atoms with E-state index in [9.17, 15) is 4.79 Å². The first-order valence-electron chi connectivity index (χ1n) is 5.96. The van der Waals surface area contributed by atoms with Gasteiger partial charge in [-0.3, -0.25) is 4.79 Å². The molecule has 0 saturated carbocycles. The number of aromatic nitrogens is 2. The van der Waals surface area contributed by atoms with Gasteiger partial charge < -0.3 is 4.90 Å². The summed E-state index contributed by atoms with van der Waals surface area (Å²) < 4.78 is 0. The summed E-state index contributed by atoms with van der Waals surface area (Å²) in [6.45, 7) is 0.822. The SMILES string of the molecule is O=C(c1ccnnc1)N1CCCCC1CCCl. The van der Waals surface area contributed by atoms with Crippen molar-refractivity contribution in [1.29, 1.82) is 0 Å². The lowest BCUT2D eigenvalue weighted by Crippen LogP contribution is -2.44. The molecule has 1 aromatic rings. The Morgan fingerprint density at radius 1 is 1.47 bits per heavy atom. The van der Waals surface area contributed by atoms with E-state index < -0.39 is 0 Å². The van der Waals surface area contributed by atoms with Crippen LogP contribution in [0.1, 0.15) is 36.0 Å². The first-order chi connectivity index (χ1) is 8.33. The van der Waals surface area contributed by atoms with E-state index in [-0.39, 0.29) is 11.9 Å². The van der Waals surface area contributed by atoms with Crippen molar-refractivity contribution in [2.45, 2.75) is 31.7 Å². The lowest BCUT2D eigenvalue weighted by molar-refractivity contribution is 0.0608. The summed E-state index contributed by atoms with van der Waals surface area (Å²) in [5.74, 6) is 0.651. The van der Waals surface area contributed by atoms with Gasteiger partial charge in [0.05, 0.1) is 18.0 Å². The van der Waals surface area contributed by atoms with Crippen LogP contribution in [-0.4, -0.2) is 39.5 Å². The highest BCUT2D eigenvalue weighted by Gasteiger charge is 2.26. The molecule has 1 aliphatic rings. The van der Waals surface area contributed by atoms with E-state index in [1.54, 1.807) is 12.3 Å². The molecule has 2 rings (SSSR count). The van der Waals surface area contributed by atoms with Gasteiger partial charge in [-0.1, -0.05) is 0 Å². The highest BCUT2D eigenvalue weighted by Crippen LogP contribution is 2.22. The minimum absolute atomic E-state index is 0.0507. The molecule has 1 aromatic heterocycles. The molecule has 1 atom stereocenters. The molecule has 2 heterocycles. The number of hydrogen-bond donors (Lipinski definition) is 0. The van der Waals surface area contributed by atoms with E-state index in [1.807, 2.05) is 4.90 Å². The predicted molar refractivity (Wildman–Crippen MR) is 66.0 cm³/mol. The van der Waals surface area contributed by atoms with Crippen LogP contribution in [-0.2, 0) is 0 Å². The number of piperidine rings is 1. The lowest BCUT2D eigenvalue weighted by Gasteiger charge is -2.35. The smallest absolute Gasteiger partial charge is 0.255 e. The Bertz CT molecular complexity index is 369. The largest absolute Gasteiger partial charge is 0.336 e. The van der Waals surface area contributed by atoms with Gasteiger partial charge in [0.1, 0.15) is 0 Å². The van der Waals surface area contributed by atoms with E-state index in [0.29, 0.717) is 11.4 Å². The fourth-order valence-corrected chi connectivity index (χ4v) is 2.53. The van der Waals surface area contributed by atoms with Gasteiger partial charge in [0.25, 0.3) is 5.91 Å². The molecular weight excluding hydrogens is 238 g/mol. The zero-order valence-electron chi connectivity index (χ0n) is 9.68. The van der Waals surface area contributed by atoms with Gasteiger partial charge in [-0.15, -0.1) is 11.6 Å². The van der Waals surface area contributed by atoms with Gasteiger partial charge in [0.15, 0.2) is 0 Å². The van der Waals surface area contributed by atoms with E-state index in [0.717, 1.165) is 25.8 Å². The molecule has 92 valence electrons. The molecule has 0 radical (unpaired) electrons. The molecule has 0 N–H and O–H groups in total. The summed E-state index contributed by atoms with van der Waals surface area (Å²) in [5, 5.41) is 7.43. The van der Waals surface area contributed by atoms with Crippen molar-refractivity contribution < 1.29 is 4.79 Å². The Labute approximate surface area is 106 Å². The maximum absolute atomic E-state index is 12.3. The first kappa shape index (κ1) is 12.3. The molecule has 1 amide bonds. The molecule has 1 fully saturated rings. The van der Waals surface area contributed by atoms with Crippen LogP contribution < -0.4 is 0 Å². The zero-order valence-corrected chi connectivity index (χ0v) is 10.4. The average Bonchev–Trinajstić information content (AvgIpc) is 2.40. The van der Waals surface area contributed by atoms with Crippen LogP contribution in [0.15, 0.2) is 18.5 Å². The van der Waals surface area contributed by atoms with E-state index in [1.165, 1.54) is 12.6 Å². The number of likely N-dealkylation sites (tertiary alicyclic amines) is 1. The molecular formula is C12H16ClN3O. The summed E-state index contributed by atoms with van der Waals surface area (Å²) in [5.41, 5.74) is 0.612. The van der Waals surface area contributed by atoms with E-state index >= 15 is 0 Å². The molecule has 0 bridgehead atoms. The third-order valence-corrected chi connectivity index (χ3v) is 3.38. The number of rotatable bonds is 3. The summed E-state index contributed by atoms with van der Waals surface area (Å²) in [7, 11) is 0. The molecule has 0 aromatic carbocycles. The Kier molecular flexibility index (Phi) is 4.31. The van der Waals surface area contributed by atoms with E-state index in [2.05, 4.69) is 10.2 Å². The van der Waals surface area contributed by atoms with Gasteiger partial charge in [-0.05, 0) is 31.7 Å². The summed E-state index contributed by atoms with van der Waals surface area (Å²) in [6.07, 6.45) is 7.24. The minimum Gasteiger partial charge on any atom is -0.336 e. The second-order valence-electron chi connectivity index (χ2n) is 4.26. The number of halogens is 1. The highest BCUT2D eigenvalue weighted by molar-refractivity contribution is 6.17. The Morgan fingerprint density at radius 2 is 2.35 bits per heavy atom. The zero-order chi connectivity index (χ0) is 12.1. The van der Waals surface area contributed by atoms with Crippen LogP contribution in [0.3, 0.4) is 0 Å². The average molecular weight is 254 g/mol. The van der Waals surface area contributed by atoms with Crippen LogP contribution in [0.2, 0.25) is 0 Å². The fourth-order valence-electron chi connectivity index (χ4n) is 2.28. The van der Waals surface area contributed by atoms with Crippen LogP contribution in [0.25, 0.3) is 0 Å². The summed E-state index contributed by atoms with van der Waals surface area (Å²) in [6, 6.07) is 1.99. The molecule has 17 heavy (non-hydrogen) atoms. The van der Waals surface area contributed by atoms with Gasteiger partial charge >= 0.3 is 0 Å². The second-order valence-corrected chi connectivity index (χ2v) is 4.63. The Morgan fingerprint density at radius 3 is 3.06 bits per heavy atom. The highest BCUT2D eigenvalue weighted by atomic mass is 35.5. The van der Waals surface area contributed by atoms with Crippen LogP contribution >= 0.6 is 11.6 Å². The van der Waals surface area contributed by atoms with Crippen LogP contribution in [0, 0.1) is 0 Å². The number of carbonyl (C=O) groups excluding carboxylic acids is 1. The minimum atomic E-state index is 0.0507. The fraction of sp³-hybridized carbons (Fsp3) is 0.583. The maximum Gasteiger partial charge on any atom is 0.255 e. The number of amides is 1. The topological polar surface area (TPSA) is 46.1 Å². The monoisotopic (exact) mass is 253 g/mol. The normalized spacial score (nSPS) is 20.3. The van der Waals surface area contributed by atoms with Crippen LogP contribution in [0.5, 0.6) is 0 Å². The van der Waals surface area contributed by atoms with E-state index in [4.69, 9.17) is 11.6 Å². The third kappa shape index (κ3) is 2.94. The molecule has 1 aliphatic heterocycles. The van der Waals surface area contributed by atoms with Crippen LogP contribution in [0.4, 0.5) is 0 Å². The van der Waals surface area contributed by atoms with Crippen molar-refractivity contribution in [2.75, 3.05) is 12.4 Å². The number of hydrogen-bond acceptors (Lipinski definition) is 3. The predicted octanol–water partition coefficient (Wildman–Crippen LogP) is 2.10. The number of nitrogens with zero attached hydrogens (tertiary/aromatic N) is 3. The first-order valence-corrected chi connectivity index (χ1v) is 6.50. The number of alkyl halides is 1. The van der Waals surface area contributed by atoms with Crippen molar-refractivity contribution in [1.82, 2.24) is 15.1 Å². The van der Waals surface area contributed by atoms with Gasteiger partial charge in [0.2, 0.25) is 0 Å². The molecule has 0 spiro atoms. The molecule has 5 heteroatoms. The third-order valence-electron chi connectivity index (χ3n) is 3.16. The Hall–Kier alpha value is -1.16. The maximum atomic E-state index is 12.3. The van der Waals surface area contributed by atoms with Crippen molar-refractivity contribution in [3.63, 3.8) is 0 Å². The molecule has 4 nitrogen and oxygen atoms in total. The molecule has 1 unspecified atom stereocenters. The second kappa shape index (κ2) is 5.96. The van der Waals surface area contributed by atoms with Crippen molar-refractivity contribution in [2.24, 2.45) is 0 Å². The van der Waals surface area contributed by atoms with Crippen molar-refractivity contribution in [3.05, 3.63) is 24.0 Å². The van der Waals surface area contributed by atoms with Gasteiger partial charge in [-0.2, -0.15) is 10.2 Å². The Balaban J connectivity index is 2.11. The summed E-state index contributed by atoms with van der Waals surface area (Å²) >= 11 is 5.79. The molecule has 1 saturated heterocycles. The standard InChI is InChI=1S/C12H16ClN3O/c13-6-4-11-3-1-2-8-16(11)12(17)10-5-7-14-15-9-10/h5,7,9,11H,1-4,6,8H2. The van der Waals surface area contributed by atoms with Gasteiger partial charge in [0, 0.05) is 18.5 Å². The van der Waals surface area contributed by atoms with Crippen molar-refractivity contribution >= 4 is 17.5 Å². The lowest BCUT2D eigenvalue weighted by atomic mass is 9.99.